The molecule has 2 N–H and O–H groups in total. The van der Waals surface area contributed by atoms with Crippen molar-refractivity contribution in [3.8, 4) is 16.9 Å². The van der Waals surface area contributed by atoms with Crippen LogP contribution in [0.5, 0.6) is 5.75 Å². The molecule has 18 heavy (non-hydrogen) atoms. The first-order valence-corrected chi connectivity index (χ1v) is 6.24. The number of ether oxygens (including phenoxy) is 1. The lowest BCUT2D eigenvalue weighted by atomic mass is 9.99. The fraction of sp³-hybridized carbons (Fsp3) is 0.143. The minimum atomic E-state index is 0.433. The van der Waals surface area contributed by atoms with E-state index in [0.717, 1.165) is 22.4 Å². The highest BCUT2D eigenvalue weighted by Gasteiger charge is 2.11. The maximum absolute atomic E-state index is 6.24. The zero-order valence-electron chi connectivity index (χ0n) is 9.91. The molecule has 2 nitrogen and oxygen atoms in total. The highest BCUT2D eigenvalue weighted by molar-refractivity contribution is 6.43. The molecule has 0 saturated carbocycles. The molecular weight excluding hydrogens is 269 g/mol. The van der Waals surface area contributed by atoms with Crippen LogP contribution < -0.4 is 10.5 Å². The molecule has 0 atom stereocenters. The van der Waals surface area contributed by atoms with Gasteiger partial charge in [-0.3, -0.25) is 0 Å². The van der Waals surface area contributed by atoms with Crippen LogP contribution in [-0.4, -0.2) is 7.11 Å². The van der Waals surface area contributed by atoms with E-state index in [1.165, 1.54) is 0 Å². The minimum absolute atomic E-state index is 0.433. The van der Waals surface area contributed by atoms with Crippen LogP contribution in [0.15, 0.2) is 36.4 Å². The van der Waals surface area contributed by atoms with Crippen molar-refractivity contribution in [1.82, 2.24) is 0 Å². The molecule has 2 rings (SSSR count). The molecule has 0 radical (unpaired) electrons. The van der Waals surface area contributed by atoms with Gasteiger partial charge in [0.25, 0.3) is 0 Å². The zero-order chi connectivity index (χ0) is 13.1. The first kappa shape index (κ1) is 13.2. The van der Waals surface area contributed by atoms with Gasteiger partial charge in [0.2, 0.25) is 0 Å². The Morgan fingerprint density at radius 1 is 1.11 bits per heavy atom. The van der Waals surface area contributed by atoms with E-state index in [9.17, 15) is 0 Å². The molecule has 0 aromatic heterocycles. The highest BCUT2D eigenvalue weighted by Crippen LogP contribution is 2.36. The minimum Gasteiger partial charge on any atom is -0.497 e. The SMILES string of the molecule is COc1ccc(CN)c(-c2cccc(Cl)c2Cl)c1. The van der Waals surface area contributed by atoms with Gasteiger partial charge in [-0.15, -0.1) is 0 Å². The normalized spacial score (nSPS) is 10.4. The molecular formula is C14H13Cl2NO. The summed E-state index contributed by atoms with van der Waals surface area (Å²) in [5.41, 5.74) is 8.56. The first-order chi connectivity index (χ1) is 8.67. The lowest BCUT2D eigenvalue weighted by Gasteiger charge is -2.12. The molecule has 0 amide bonds. The van der Waals surface area contributed by atoms with Gasteiger partial charge in [-0.1, -0.05) is 41.4 Å². The third-order valence-electron chi connectivity index (χ3n) is 2.78. The highest BCUT2D eigenvalue weighted by atomic mass is 35.5. The summed E-state index contributed by atoms with van der Waals surface area (Å²) in [5, 5.41) is 1.06. The van der Waals surface area contributed by atoms with E-state index in [0.29, 0.717) is 16.6 Å². The summed E-state index contributed by atoms with van der Waals surface area (Å²) in [6, 6.07) is 11.3. The summed E-state index contributed by atoms with van der Waals surface area (Å²) in [5.74, 6) is 0.762. The number of nitrogens with two attached hydrogens (primary N) is 1. The molecule has 4 heteroatoms. The van der Waals surface area contributed by atoms with Crippen molar-refractivity contribution in [2.75, 3.05) is 7.11 Å². The van der Waals surface area contributed by atoms with Crippen LogP contribution in [0.25, 0.3) is 11.1 Å². The molecule has 0 aliphatic heterocycles. The molecule has 0 saturated heterocycles. The molecule has 94 valence electrons. The second-order valence-corrected chi connectivity index (χ2v) is 4.61. The topological polar surface area (TPSA) is 35.2 Å². The van der Waals surface area contributed by atoms with E-state index < -0.39 is 0 Å². The van der Waals surface area contributed by atoms with Crippen molar-refractivity contribution in [1.29, 1.82) is 0 Å². The molecule has 0 aliphatic rings. The maximum Gasteiger partial charge on any atom is 0.119 e. The van der Waals surface area contributed by atoms with Crippen LogP contribution in [0.3, 0.4) is 0 Å². The molecule has 0 bridgehead atoms. The summed E-state index contributed by atoms with van der Waals surface area (Å²) in [6.45, 7) is 0.433. The summed E-state index contributed by atoms with van der Waals surface area (Å²) >= 11 is 12.3. The summed E-state index contributed by atoms with van der Waals surface area (Å²) < 4.78 is 5.23. The fourth-order valence-electron chi connectivity index (χ4n) is 1.82. The van der Waals surface area contributed by atoms with Crippen LogP contribution in [0, 0.1) is 0 Å². The van der Waals surface area contributed by atoms with Gasteiger partial charge in [0.05, 0.1) is 17.2 Å². The Hall–Kier alpha value is -1.22. The molecule has 0 spiro atoms. The van der Waals surface area contributed by atoms with Gasteiger partial charge in [-0.2, -0.15) is 0 Å². The van der Waals surface area contributed by atoms with E-state index in [1.807, 2.05) is 30.3 Å². The molecule has 0 heterocycles. The van der Waals surface area contributed by atoms with Crippen LogP contribution in [-0.2, 0) is 6.54 Å². The fourth-order valence-corrected chi connectivity index (χ4v) is 2.23. The second-order valence-electron chi connectivity index (χ2n) is 3.83. The number of methoxy groups -OCH3 is 1. The monoisotopic (exact) mass is 281 g/mol. The molecule has 2 aromatic carbocycles. The van der Waals surface area contributed by atoms with E-state index >= 15 is 0 Å². The van der Waals surface area contributed by atoms with E-state index in [1.54, 1.807) is 13.2 Å². The van der Waals surface area contributed by atoms with E-state index in [-0.39, 0.29) is 0 Å². The number of benzene rings is 2. The third kappa shape index (κ3) is 2.46. The third-order valence-corrected chi connectivity index (χ3v) is 3.60. The van der Waals surface area contributed by atoms with Gasteiger partial charge in [-0.05, 0) is 29.3 Å². The quantitative estimate of drug-likeness (QED) is 0.918. The lowest BCUT2D eigenvalue weighted by Crippen LogP contribution is -1.99. The largest absolute Gasteiger partial charge is 0.497 e. The smallest absolute Gasteiger partial charge is 0.119 e. The van der Waals surface area contributed by atoms with Gasteiger partial charge in [0, 0.05) is 12.1 Å². The lowest BCUT2D eigenvalue weighted by molar-refractivity contribution is 0.415. The van der Waals surface area contributed by atoms with Crippen LogP contribution in [0.4, 0.5) is 0 Å². The van der Waals surface area contributed by atoms with Crippen molar-refractivity contribution in [2.24, 2.45) is 5.73 Å². The average Bonchev–Trinajstić information content (AvgIpc) is 2.41. The number of halogens is 2. The van der Waals surface area contributed by atoms with Crippen LogP contribution >= 0.6 is 23.2 Å². The molecule has 0 unspecified atom stereocenters. The van der Waals surface area contributed by atoms with Crippen molar-refractivity contribution in [3.05, 3.63) is 52.0 Å². The van der Waals surface area contributed by atoms with Gasteiger partial charge >= 0.3 is 0 Å². The van der Waals surface area contributed by atoms with Gasteiger partial charge < -0.3 is 10.5 Å². The molecule has 0 aliphatic carbocycles. The second kappa shape index (κ2) is 5.61. The van der Waals surface area contributed by atoms with Gasteiger partial charge in [-0.25, -0.2) is 0 Å². The number of hydrogen-bond donors (Lipinski definition) is 1. The Balaban J connectivity index is 2.64. The predicted molar refractivity (Wildman–Crippen MR) is 76.3 cm³/mol. The van der Waals surface area contributed by atoms with Crippen LogP contribution in [0.1, 0.15) is 5.56 Å². The first-order valence-electron chi connectivity index (χ1n) is 5.48. The van der Waals surface area contributed by atoms with Gasteiger partial charge in [0.15, 0.2) is 0 Å². The summed E-state index contributed by atoms with van der Waals surface area (Å²) in [6.07, 6.45) is 0. The Morgan fingerprint density at radius 2 is 1.89 bits per heavy atom. The molecule has 0 fully saturated rings. The van der Waals surface area contributed by atoms with Crippen molar-refractivity contribution in [2.45, 2.75) is 6.54 Å². The van der Waals surface area contributed by atoms with Crippen LogP contribution in [0.2, 0.25) is 10.0 Å². The Kier molecular flexibility index (Phi) is 4.12. The Bertz CT molecular complexity index is 570. The van der Waals surface area contributed by atoms with E-state index in [4.69, 9.17) is 33.7 Å². The Labute approximate surface area is 116 Å². The predicted octanol–water partition coefficient (Wildman–Crippen LogP) is 4.13. The number of rotatable bonds is 3. The standard InChI is InChI=1S/C14H13Cl2NO/c1-18-10-6-5-9(8-17)12(7-10)11-3-2-4-13(15)14(11)16/h2-7H,8,17H2,1H3. The van der Waals surface area contributed by atoms with Crippen molar-refractivity contribution >= 4 is 23.2 Å². The maximum atomic E-state index is 6.24. The molecule has 2 aromatic rings. The van der Waals surface area contributed by atoms with Gasteiger partial charge in [0.1, 0.15) is 5.75 Å². The zero-order valence-corrected chi connectivity index (χ0v) is 11.4. The van der Waals surface area contributed by atoms with Crippen molar-refractivity contribution in [3.63, 3.8) is 0 Å². The number of hydrogen-bond acceptors (Lipinski definition) is 2. The Morgan fingerprint density at radius 3 is 2.56 bits per heavy atom. The summed E-state index contributed by atoms with van der Waals surface area (Å²) in [4.78, 5) is 0. The average molecular weight is 282 g/mol. The van der Waals surface area contributed by atoms with Crippen molar-refractivity contribution < 1.29 is 4.74 Å². The van der Waals surface area contributed by atoms with E-state index in [2.05, 4.69) is 0 Å². The summed E-state index contributed by atoms with van der Waals surface area (Å²) in [7, 11) is 1.63.